The van der Waals surface area contributed by atoms with Gasteiger partial charge in [0.15, 0.2) is 5.96 Å². The normalized spacial score (nSPS) is 12.1. The highest BCUT2D eigenvalue weighted by Crippen LogP contribution is 2.28. The van der Waals surface area contributed by atoms with E-state index in [1.165, 1.54) is 6.07 Å². The monoisotopic (exact) mass is 347 g/mol. The van der Waals surface area contributed by atoms with Gasteiger partial charge in [0.25, 0.3) is 0 Å². The smallest absolute Gasteiger partial charge is 0.383 e. The molecule has 0 aliphatic rings. The summed E-state index contributed by atoms with van der Waals surface area (Å²) >= 11 is 0. The van der Waals surface area contributed by atoms with Crippen molar-refractivity contribution in [1.29, 1.82) is 0 Å². The van der Waals surface area contributed by atoms with Crippen LogP contribution in [0.4, 0.5) is 19.0 Å². The predicted octanol–water partition coefficient (Wildman–Crippen LogP) is 2.10. The lowest BCUT2D eigenvalue weighted by molar-refractivity contribution is -0.137. The Kier molecular flexibility index (Phi) is 8.92. The van der Waals surface area contributed by atoms with Crippen molar-refractivity contribution in [2.45, 2.75) is 19.5 Å². The number of aliphatic imine (C=N–C) groups is 1. The highest BCUT2D eigenvalue weighted by atomic mass is 19.4. The molecule has 0 bridgehead atoms. The van der Waals surface area contributed by atoms with Gasteiger partial charge in [-0.1, -0.05) is 0 Å². The molecule has 3 N–H and O–H groups in total. The van der Waals surface area contributed by atoms with Crippen LogP contribution in [0.25, 0.3) is 0 Å². The first kappa shape index (κ1) is 20.0. The second-order valence-corrected chi connectivity index (χ2v) is 4.89. The van der Waals surface area contributed by atoms with Crippen LogP contribution in [0.3, 0.4) is 0 Å². The Morgan fingerprint density at radius 1 is 1.25 bits per heavy atom. The highest BCUT2D eigenvalue weighted by molar-refractivity contribution is 5.79. The zero-order chi connectivity index (χ0) is 17.8. The molecule has 6 nitrogen and oxygen atoms in total. The van der Waals surface area contributed by atoms with Gasteiger partial charge in [-0.2, -0.15) is 13.2 Å². The fourth-order valence-corrected chi connectivity index (χ4v) is 1.77. The Balaban J connectivity index is 2.32. The highest BCUT2D eigenvalue weighted by Gasteiger charge is 2.30. The van der Waals surface area contributed by atoms with E-state index in [4.69, 9.17) is 4.74 Å². The van der Waals surface area contributed by atoms with Gasteiger partial charge in [-0.15, -0.1) is 0 Å². The number of aromatic nitrogens is 1. The molecule has 0 aromatic carbocycles. The number of ether oxygens (including phenoxy) is 1. The van der Waals surface area contributed by atoms with Gasteiger partial charge >= 0.3 is 6.18 Å². The van der Waals surface area contributed by atoms with Crippen LogP contribution in [0.5, 0.6) is 0 Å². The van der Waals surface area contributed by atoms with Crippen molar-refractivity contribution in [3.63, 3.8) is 0 Å². The van der Waals surface area contributed by atoms with E-state index in [1.807, 2.05) is 6.92 Å². The summed E-state index contributed by atoms with van der Waals surface area (Å²) < 4.78 is 42.2. The van der Waals surface area contributed by atoms with E-state index in [9.17, 15) is 13.2 Å². The summed E-state index contributed by atoms with van der Waals surface area (Å²) in [6.07, 6.45) is -2.81. The Hall–Kier alpha value is -2.03. The average Bonchev–Trinajstić information content (AvgIpc) is 2.54. The summed E-state index contributed by atoms with van der Waals surface area (Å²) in [7, 11) is 1.63. The quantitative estimate of drug-likeness (QED) is 0.363. The van der Waals surface area contributed by atoms with E-state index in [0.29, 0.717) is 38.0 Å². The lowest BCUT2D eigenvalue weighted by Crippen LogP contribution is -2.39. The van der Waals surface area contributed by atoms with Gasteiger partial charge < -0.3 is 20.7 Å². The topological polar surface area (TPSA) is 70.6 Å². The zero-order valence-electron chi connectivity index (χ0n) is 13.9. The molecular weight excluding hydrogens is 323 g/mol. The minimum Gasteiger partial charge on any atom is -0.383 e. The first-order chi connectivity index (χ1) is 11.5. The number of rotatable bonds is 9. The van der Waals surface area contributed by atoms with Crippen molar-refractivity contribution < 1.29 is 17.9 Å². The molecule has 0 saturated heterocycles. The van der Waals surface area contributed by atoms with Crippen LogP contribution in [-0.2, 0) is 10.9 Å². The molecule has 1 aromatic rings. The summed E-state index contributed by atoms with van der Waals surface area (Å²) in [5, 5.41) is 9.21. The van der Waals surface area contributed by atoms with Crippen molar-refractivity contribution in [2.75, 3.05) is 45.2 Å². The summed E-state index contributed by atoms with van der Waals surface area (Å²) in [6, 6.07) is 2.33. The Morgan fingerprint density at radius 2 is 2.04 bits per heavy atom. The molecule has 0 unspecified atom stereocenters. The largest absolute Gasteiger partial charge is 0.417 e. The minimum atomic E-state index is -4.36. The molecule has 136 valence electrons. The SMILES string of the molecule is CCNC(=NCCCNc1ccc(C(F)(F)F)cn1)NCCOC. The molecule has 1 heterocycles. The summed E-state index contributed by atoms with van der Waals surface area (Å²) in [5.74, 6) is 1.12. The van der Waals surface area contributed by atoms with Crippen LogP contribution >= 0.6 is 0 Å². The summed E-state index contributed by atoms with van der Waals surface area (Å²) in [6.45, 7) is 5.13. The number of nitrogens with one attached hydrogen (secondary N) is 3. The number of halogens is 3. The maximum atomic E-state index is 12.4. The van der Waals surface area contributed by atoms with Crippen LogP contribution in [0, 0.1) is 0 Å². The molecule has 0 fully saturated rings. The van der Waals surface area contributed by atoms with Gasteiger partial charge in [0.2, 0.25) is 0 Å². The van der Waals surface area contributed by atoms with E-state index in [-0.39, 0.29) is 0 Å². The number of methoxy groups -OCH3 is 1. The van der Waals surface area contributed by atoms with Crippen molar-refractivity contribution in [3.8, 4) is 0 Å². The fraction of sp³-hybridized carbons (Fsp3) is 0.600. The van der Waals surface area contributed by atoms with Crippen molar-refractivity contribution in [2.24, 2.45) is 4.99 Å². The van der Waals surface area contributed by atoms with Gasteiger partial charge in [0.1, 0.15) is 5.82 Å². The summed E-state index contributed by atoms with van der Waals surface area (Å²) in [4.78, 5) is 8.14. The van der Waals surface area contributed by atoms with E-state index >= 15 is 0 Å². The lowest BCUT2D eigenvalue weighted by Gasteiger charge is -2.11. The van der Waals surface area contributed by atoms with E-state index in [1.54, 1.807) is 7.11 Å². The van der Waals surface area contributed by atoms with Gasteiger partial charge in [-0.25, -0.2) is 4.98 Å². The Bertz CT molecular complexity index is 491. The predicted molar refractivity (Wildman–Crippen MR) is 88.2 cm³/mol. The third-order valence-corrected chi connectivity index (χ3v) is 2.94. The van der Waals surface area contributed by atoms with E-state index < -0.39 is 11.7 Å². The molecule has 1 rings (SSSR count). The third-order valence-electron chi connectivity index (χ3n) is 2.94. The van der Waals surface area contributed by atoms with Crippen LogP contribution < -0.4 is 16.0 Å². The molecule has 0 saturated carbocycles. The Labute approximate surface area is 139 Å². The van der Waals surface area contributed by atoms with Gasteiger partial charge in [0, 0.05) is 39.5 Å². The summed E-state index contributed by atoms with van der Waals surface area (Å²) in [5.41, 5.74) is -0.755. The molecule has 0 amide bonds. The van der Waals surface area contributed by atoms with Gasteiger partial charge in [0.05, 0.1) is 12.2 Å². The molecule has 0 aliphatic heterocycles. The molecule has 0 spiro atoms. The molecule has 24 heavy (non-hydrogen) atoms. The van der Waals surface area contributed by atoms with E-state index in [0.717, 1.165) is 25.2 Å². The van der Waals surface area contributed by atoms with Crippen LogP contribution in [0.1, 0.15) is 18.9 Å². The van der Waals surface area contributed by atoms with Crippen molar-refractivity contribution in [1.82, 2.24) is 15.6 Å². The zero-order valence-corrected chi connectivity index (χ0v) is 13.9. The number of pyridine rings is 1. The maximum absolute atomic E-state index is 12.4. The first-order valence-corrected chi connectivity index (χ1v) is 7.75. The second-order valence-electron chi connectivity index (χ2n) is 4.89. The van der Waals surface area contributed by atoms with E-state index in [2.05, 4.69) is 25.9 Å². The van der Waals surface area contributed by atoms with Gasteiger partial charge in [-0.3, -0.25) is 4.99 Å². The molecule has 0 radical (unpaired) electrons. The van der Waals surface area contributed by atoms with Gasteiger partial charge in [-0.05, 0) is 25.5 Å². The lowest BCUT2D eigenvalue weighted by atomic mass is 10.3. The van der Waals surface area contributed by atoms with Crippen molar-refractivity contribution >= 4 is 11.8 Å². The molecule has 1 aromatic heterocycles. The number of guanidine groups is 1. The Morgan fingerprint density at radius 3 is 2.62 bits per heavy atom. The average molecular weight is 347 g/mol. The third kappa shape index (κ3) is 8.00. The molecule has 9 heteroatoms. The molecule has 0 atom stereocenters. The first-order valence-electron chi connectivity index (χ1n) is 7.75. The minimum absolute atomic E-state index is 0.414. The molecular formula is C15H24F3N5O. The second kappa shape index (κ2) is 10.7. The van der Waals surface area contributed by atoms with Crippen LogP contribution in [0.15, 0.2) is 23.3 Å². The van der Waals surface area contributed by atoms with Crippen LogP contribution in [-0.4, -0.2) is 50.8 Å². The standard InChI is InChI=1S/C15H24F3N5O/c1-3-19-14(22-9-10-24-2)21-8-4-7-20-13-6-5-12(11-23-13)15(16,17)18/h5-6,11H,3-4,7-10H2,1-2H3,(H,20,23)(H2,19,21,22). The fourth-order valence-electron chi connectivity index (χ4n) is 1.77. The van der Waals surface area contributed by atoms with Crippen molar-refractivity contribution in [3.05, 3.63) is 23.9 Å². The number of alkyl halides is 3. The molecule has 0 aliphatic carbocycles. The number of anilines is 1. The van der Waals surface area contributed by atoms with Crippen LogP contribution in [0.2, 0.25) is 0 Å². The number of hydrogen-bond acceptors (Lipinski definition) is 4. The maximum Gasteiger partial charge on any atom is 0.417 e. The number of nitrogens with zero attached hydrogens (tertiary/aromatic N) is 2. The number of hydrogen-bond donors (Lipinski definition) is 3.